The Hall–Kier alpha value is -2.04. The van der Waals surface area contributed by atoms with Gasteiger partial charge in [0.25, 0.3) is 0 Å². The van der Waals surface area contributed by atoms with Crippen molar-refractivity contribution in [1.82, 2.24) is 5.32 Å². The SMILES string of the molecule is CCC(=O)C1(c2ccc(-c3ccccc3)c(F)c2)CNCCO1. The number of hydrogen-bond acceptors (Lipinski definition) is 3. The van der Waals surface area contributed by atoms with E-state index < -0.39 is 5.60 Å². The molecule has 3 rings (SSSR count). The molecule has 1 unspecified atom stereocenters. The largest absolute Gasteiger partial charge is 0.360 e. The van der Waals surface area contributed by atoms with Crippen LogP contribution in [0.3, 0.4) is 0 Å². The number of hydrogen-bond donors (Lipinski definition) is 1. The monoisotopic (exact) mass is 313 g/mol. The van der Waals surface area contributed by atoms with E-state index in [1.54, 1.807) is 19.1 Å². The number of nitrogens with one attached hydrogen (secondary N) is 1. The normalized spacial score (nSPS) is 21.1. The summed E-state index contributed by atoms with van der Waals surface area (Å²) >= 11 is 0. The number of morpholine rings is 1. The maximum absolute atomic E-state index is 14.6. The first kappa shape index (κ1) is 15.8. The number of carbonyl (C=O) groups is 1. The average molecular weight is 313 g/mol. The highest BCUT2D eigenvalue weighted by atomic mass is 19.1. The van der Waals surface area contributed by atoms with Gasteiger partial charge in [-0.15, -0.1) is 0 Å². The van der Waals surface area contributed by atoms with Gasteiger partial charge in [0.15, 0.2) is 11.4 Å². The summed E-state index contributed by atoms with van der Waals surface area (Å²) in [5.41, 5.74) is 0.837. The van der Waals surface area contributed by atoms with Crippen LogP contribution in [0.4, 0.5) is 4.39 Å². The average Bonchev–Trinajstić information content (AvgIpc) is 2.62. The predicted octanol–water partition coefficient (Wildman–Crippen LogP) is 3.29. The van der Waals surface area contributed by atoms with Crippen LogP contribution >= 0.6 is 0 Å². The van der Waals surface area contributed by atoms with Crippen molar-refractivity contribution in [3.05, 3.63) is 59.9 Å². The number of halogens is 1. The van der Waals surface area contributed by atoms with Crippen LogP contribution in [-0.2, 0) is 15.1 Å². The van der Waals surface area contributed by atoms with Gasteiger partial charge >= 0.3 is 0 Å². The summed E-state index contributed by atoms with van der Waals surface area (Å²) in [4.78, 5) is 12.5. The van der Waals surface area contributed by atoms with E-state index in [0.717, 1.165) is 5.56 Å². The fourth-order valence-corrected chi connectivity index (χ4v) is 3.04. The summed E-state index contributed by atoms with van der Waals surface area (Å²) in [5.74, 6) is -0.372. The number of benzene rings is 2. The van der Waals surface area contributed by atoms with Gasteiger partial charge in [-0.2, -0.15) is 0 Å². The molecule has 1 atom stereocenters. The zero-order valence-corrected chi connectivity index (χ0v) is 13.1. The lowest BCUT2D eigenvalue weighted by Crippen LogP contribution is -2.52. The second kappa shape index (κ2) is 6.60. The van der Waals surface area contributed by atoms with Gasteiger partial charge in [-0.25, -0.2) is 4.39 Å². The molecule has 120 valence electrons. The van der Waals surface area contributed by atoms with Gasteiger partial charge in [-0.1, -0.05) is 49.4 Å². The molecule has 1 aliphatic rings. The zero-order chi connectivity index (χ0) is 16.3. The smallest absolute Gasteiger partial charge is 0.170 e. The lowest BCUT2D eigenvalue weighted by molar-refractivity contribution is -0.149. The number of ketones is 1. The summed E-state index contributed by atoms with van der Waals surface area (Å²) in [5, 5.41) is 3.19. The van der Waals surface area contributed by atoms with Crippen molar-refractivity contribution in [3.63, 3.8) is 0 Å². The molecule has 2 aromatic rings. The van der Waals surface area contributed by atoms with Gasteiger partial charge < -0.3 is 10.1 Å². The molecule has 1 heterocycles. The molecule has 0 radical (unpaired) electrons. The second-order valence-electron chi connectivity index (χ2n) is 5.69. The summed E-state index contributed by atoms with van der Waals surface area (Å²) in [7, 11) is 0. The highest BCUT2D eigenvalue weighted by Crippen LogP contribution is 2.33. The van der Waals surface area contributed by atoms with Crippen molar-refractivity contribution in [1.29, 1.82) is 0 Å². The van der Waals surface area contributed by atoms with Crippen LogP contribution in [0.25, 0.3) is 11.1 Å². The van der Waals surface area contributed by atoms with Gasteiger partial charge in [-0.05, 0) is 17.2 Å². The van der Waals surface area contributed by atoms with E-state index in [4.69, 9.17) is 4.74 Å². The number of ether oxygens (including phenoxy) is 1. The first-order valence-corrected chi connectivity index (χ1v) is 7.91. The topological polar surface area (TPSA) is 38.3 Å². The summed E-state index contributed by atoms with van der Waals surface area (Å²) in [6, 6.07) is 14.3. The van der Waals surface area contributed by atoms with Crippen molar-refractivity contribution >= 4 is 5.78 Å². The van der Waals surface area contributed by atoms with Gasteiger partial charge in [0.1, 0.15) is 5.82 Å². The molecular formula is C19H20FNO2. The second-order valence-corrected chi connectivity index (χ2v) is 5.69. The Labute approximate surface area is 135 Å². The van der Waals surface area contributed by atoms with E-state index in [2.05, 4.69) is 5.32 Å². The molecular weight excluding hydrogens is 293 g/mol. The van der Waals surface area contributed by atoms with Crippen LogP contribution in [0.2, 0.25) is 0 Å². The Morgan fingerprint density at radius 1 is 1.26 bits per heavy atom. The zero-order valence-electron chi connectivity index (χ0n) is 13.1. The molecule has 0 amide bonds. The van der Waals surface area contributed by atoms with E-state index in [0.29, 0.717) is 37.2 Å². The number of Topliss-reactive ketones (excluding diaryl/α,β-unsaturated/α-hetero) is 1. The Morgan fingerprint density at radius 3 is 2.65 bits per heavy atom. The Bertz CT molecular complexity index is 694. The molecule has 1 aliphatic heterocycles. The van der Waals surface area contributed by atoms with Crippen LogP contribution in [0.5, 0.6) is 0 Å². The highest BCUT2D eigenvalue weighted by Gasteiger charge is 2.41. The van der Waals surface area contributed by atoms with Crippen LogP contribution in [0.15, 0.2) is 48.5 Å². The van der Waals surface area contributed by atoms with Crippen LogP contribution in [0.1, 0.15) is 18.9 Å². The third kappa shape index (κ3) is 2.92. The van der Waals surface area contributed by atoms with Crippen molar-refractivity contribution in [3.8, 4) is 11.1 Å². The predicted molar refractivity (Wildman–Crippen MR) is 87.6 cm³/mol. The fraction of sp³-hybridized carbons (Fsp3) is 0.316. The quantitative estimate of drug-likeness (QED) is 0.941. The van der Waals surface area contributed by atoms with E-state index in [-0.39, 0.29) is 11.6 Å². The molecule has 1 N–H and O–H groups in total. The van der Waals surface area contributed by atoms with Crippen LogP contribution in [-0.4, -0.2) is 25.5 Å². The number of carbonyl (C=O) groups excluding carboxylic acids is 1. The summed E-state index contributed by atoms with van der Waals surface area (Å²) < 4.78 is 20.5. The molecule has 0 aliphatic carbocycles. The maximum Gasteiger partial charge on any atom is 0.170 e. The molecule has 3 nitrogen and oxygen atoms in total. The van der Waals surface area contributed by atoms with E-state index in [1.807, 2.05) is 30.3 Å². The minimum absolute atomic E-state index is 0.0310. The minimum Gasteiger partial charge on any atom is -0.360 e. The molecule has 0 spiro atoms. The third-order valence-electron chi connectivity index (χ3n) is 4.29. The summed E-state index contributed by atoms with van der Waals surface area (Å²) in [6.45, 7) is 3.32. The highest BCUT2D eigenvalue weighted by molar-refractivity contribution is 5.89. The van der Waals surface area contributed by atoms with E-state index in [1.165, 1.54) is 6.07 Å². The molecule has 1 fully saturated rings. The van der Waals surface area contributed by atoms with Crippen molar-refractivity contribution in [2.24, 2.45) is 0 Å². The maximum atomic E-state index is 14.6. The third-order valence-corrected chi connectivity index (χ3v) is 4.29. The standard InChI is InChI=1S/C19H20FNO2/c1-2-18(22)19(13-21-10-11-23-19)15-8-9-16(17(20)12-15)14-6-4-3-5-7-14/h3-9,12,21H,2,10-11,13H2,1H3. The summed E-state index contributed by atoms with van der Waals surface area (Å²) in [6.07, 6.45) is 0.351. The van der Waals surface area contributed by atoms with E-state index in [9.17, 15) is 9.18 Å². The van der Waals surface area contributed by atoms with Gasteiger partial charge in [0.2, 0.25) is 0 Å². The van der Waals surface area contributed by atoms with Crippen molar-refractivity contribution in [2.75, 3.05) is 19.7 Å². The molecule has 0 bridgehead atoms. The Morgan fingerprint density at radius 2 is 2.04 bits per heavy atom. The lowest BCUT2D eigenvalue weighted by atomic mass is 9.85. The Kier molecular flexibility index (Phi) is 4.55. The van der Waals surface area contributed by atoms with Crippen LogP contribution < -0.4 is 5.32 Å². The molecule has 0 saturated carbocycles. The molecule has 1 saturated heterocycles. The minimum atomic E-state index is -1.08. The van der Waals surface area contributed by atoms with Gasteiger partial charge in [0.05, 0.1) is 6.61 Å². The molecule has 4 heteroatoms. The van der Waals surface area contributed by atoms with Crippen LogP contribution in [0, 0.1) is 5.82 Å². The van der Waals surface area contributed by atoms with Crippen molar-refractivity contribution < 1.29 is 13.9 Å². The molecule has 23 heavy (non-hydrogen) atoms. The molecule has 2 aromatic carbocycles. The van der Waals surface area contributed by atoms with Gasteiger partial charge in [-0.3, -0.25) is 4.79 Å². The first-order chi connectivity index (χ1) is 11.2. The van der Waals surface area contributed by atoms with Gasteiger partial charge in [0, 0.05) is 25.1 Å². The molecule has 0 aromatic heterocycles. The lowest BCUT2D eigenvalue weighted by Gasteiger charge is -2.36. The number of rotatable bonds is 4. The Balaban J connectivity index is 2.02. The fourth-order valence-electron chi connectivity index (χ4n) is 3.04. The van der Waals surface area contributed by atoms with Crippen molar-refractivity contribution in [2.45, 2.75) is 18.9 Å². The first-order valence-electron chi connectivity index (χ1n) is 7.91. The van der Waals surface area contributed by atoms with E-state index >= 15 is 0 Å².